The lowest BCUT2D eigenvalue weighted by Crippen LogP contribution is -2.41. The Balaban J connectivity index is 1.90. The summed E-state index contributed by atoms with van der Waals surface area (Å²) in [5.41, 5.74) is 0.589. The second-order valence-corrected chi connectivity index (χ2v) is 4.59. The molecule has 8 nitrogen and oxygen atoms in total. The van der Waals surface area contributed by atoms with E-state index < -0.39 is 5.97 Å². The van der Waals surface area contributed by atoms with Gasteiger partial charge in [-0.1, -0.05) is 0 Å². The van der Waals surface area contributed by atoms with E-state index in [1.54, 1.807) is 4.90 Å². The molecule has 1 fully saturated rings. The Bertz CT molecular complexity index is 561. The number of aromatic carboxylic acids is 1. The Kier molecular flexibility index (Phi) is 4.70. The molecule has 0 atom stereocenters. The first-order valence-electron chi connectivity index (χ1n) is 6.54. The van der Waals surface area contributed by atoms with Crippen LogP contribution >= 0.6 is 0 Å². The number of carbonyl (C=O) groups is 3. The highest BCUT2D eigenvalue weighted by atomic mass is 16.4. The van der Waals surface area contributed by atoms with Gasteiger partial charge in [0.1, 0.15) is 0 Å². The minimum Gasteiger partial charge on any atom is -0.478 e. The van der Waals surface area contributed by atoms with Gasteiger partial charge in [-0.3, -0.25) is 9.78 Å². The van der Waals surface area contributed by atoms with E-state index in [-0.39, 0.29) is 30.5 Å². The highest BCUT2D eigenvalue weighted by molar-refractivity contribution is 5.87. The van der Waals surface area contributed by atoms with Gasteiger partial charge in [0.15, 0.2) is 0 Å². The minimum absolute atomic E-state index is 0.0684. The van der Waals surface area contributed by atoms with E-state index in [0.29, 0.717) is 25.3 Å². The summed E-state index contributed by atoms with van der Waals surface area (Å²) in [6, 6.07) is 2.50. The van der Waals surface area contributed by atoms with E-state index in [4.69, 9.17) is 5.11 Å². The molecule has 2 heterocycles. The number of urea groups is 1. The molecule has 0 aromatic carbocycles. The van der Waals surface area contributed by atoms with Gasteiger partial charge in [-0.25, -0.2) is 9.59 Å². The summed E-state index contributed by atoms with van der Waals surface area (Å²) in [4.78, 5) is 39.6. The molecule has 1 aromatic rings. The molecule has 2 rings (SSSR count). The monoisotopic (exact) mass is 292 g/mol. The number of carboxylic acid groups (broad SMARTS) is 1. The van der Waals surface area contributed by atoms with Gasteiger partial charge in [0.25, 0.3) is 0 Å². The number of rotatable bonds is 3. The minimum atomic E-state index is -1.04. The fourth-order valence-electron chi connectivity index (χ4n) is 1.96. The molecule has 3 N–H and O–H groups in total. The zero-order valence-electron chi connectivity index (χ0n) is 11.3. The lowest BCUT2D eigenvalue weighted by Gasteiger charge is -2.19. The summed E-state index contributed by atoms with van der Waals surface area (Å²) < 4.78 is 0. The third-order valence-corrected chi connectivity index (χ3v) is 3.08. The number of carbonyl (C=O) groups excluding carboxylic acids is 2. The molecule has 1 saturated heterocycles. The lowest BCUT2D eigenvalue weighted by molar-refractivity contribution is -0.120. The Morgan fingerprint density at radius 1 is 1.43 bits per heavy atom. The van der Waals surface area contributed by atoms with Crippen LogP contribution in [0.5, 0.6) is 0 Å². The quantitative estimate of drug-likeness (QED) is 0.715. The number of amides is 3. The summed E-state index contributed by atoms with van der Waals surface area (Å²) >= 11 is 0. The van der Waals surface area contributed by atoms with E-state index in [0.717, 1.165) is 0 Å². The Morgan fingerprint density at radius 3 is 3.00 bits per heavy atom. The number of hydrogen-bond acceptors (Lipinski definition) is 4. The van der Waals surface area contributed by atoms with E-state index >= 15 is 0 Å². The van der Waals surface area contributed by atoms with Crippen molar-refractivity contribution in [2.75, 3.05) is 19.6 Å². The molecule has 0 aliphatic carbocycles. The van der Waals surface area contributed by atoms with E-state index in [2.05, 4.69) is 15.6 Å². The highest BCUT2D eigenvalue weighted by Crippen LogP contribution is 2.03. The topological polar surface area (TPSA) is 112 Å². The summed E-state index contributed by atoms with van der Waals surface area (Å²) in [5, 5.41) is 14.2. The normalized spacial score (nSPS) is 15.0. The SMILES string of the molecule is O=C1CCN(C(=O)NCc2cc(C(=O)O)ccn2)CCN1. The van der Waals surface area contributed by atoms with Crippen LogP contribution in [-0.2, 0) is 11.3 Å². The average Bonchev–Trinajstić information content (AvgIpc) is 2.70. The fourth-order valence-corrected chi connectivity index (χ4v) is 1.96. The van der Waals surface area contributed by atoms with Crippen molar-refractivity contribution in [3.05, 3.63) is 29.6 Å². The van der Waals surface area contributed by atoms with Crippen molar-refractivity contribution in [1.29, 1.82) is 0 Å². The molecule has 0 unspecified atom stereocenters. The predicted octanol–water partition coefficient (Wildman–Crippen LogP) is -0.189. The van der Waals surface area contributed by atoms with Crippen LogP contribution in [0.2, 0.25) is 0 Å². The molecular weight excluding hydrogens is 276 g/mol. The molecule has 0 saturated carbocycles. The molecule has 0 bridgehead atoms. The third kappa shape index (κ3) is 4.16. The van der Waals surface area contributed by atoms with Gasteiger partial charge in [-0.05, 0) is 12.1 Å². The number of carboxylic acids is 1. The van der Waals surface area contributed by atoms with Crippen molar-refractivity contribution < 1.29 is 19.5 Å². The summed E-state index contributed by atoms with van der Waals surface area (Å²) in [6.45, 7) is 1.37. The Hall–Kier alpha value is -2.64. The lowest BCUT2D eigenvalue weighted by atomic mass is 10.2. The first-order chi connectivity index (χ1) is 10.1. The largest absolute Gasteiger partial charge is 0.478 e. The van der Waals surface area contributed by atoms with Gasteiger partial charge in [0.05, 0.1) is 17.8 Å². The number of nitrogens with zero attached hydrogens (tertiary/aromatic N) is 2. The molecule has 3 amide bonds. The van der Waals surface area contributed by atoms with Gasteiger partial charge in [-0.15, -0.1) is 0 Å². The van der Waals surface area contributed by atoms with Crippen LogP contribution < -0.4 is 10.6 Å². The van der Waals surface area contributed by atoms with Crippen molar-refractivity contribution in [3.8, 4) is 0 Å². The van der Waals surface area contributed by atoms with Crippen LogP contribution in [-0.4, -0.2) is 52.5 Å². The predicted molar refractivity (Wildman–Crippen MR) is 72.6 cm³/mol. The van der Waals surface area contributed by atoms with Gasteiger partial charge >= 0.3 is 12.0 Å². The zero-order chi connectivity index (χ0) is 15.2. The number of hydrogen-bond donors (Lipinski definition) is 3. The molecular formula is C13H16N4O4. The van der Waals surface area contributed by atoms with Crippen LogP contribution in [0.4, 0.5) is 4.79 Å². The first-order valence-corrected chi connectivity index (χ1v) is 6.54. The van der Waals surface area contributed by atoms with Crippen molar-refractivity contribution in [2.24, 2.45) is 0 Å². The van der Waals surface area contributed by atoms with Crippen LogP contribution in [0.15, 0.2) is 18.3 Å². The Labute approximate surface area is 121 Å². The maximum absolute atomic E-state index is 12.0. The average molecular weight is 292 g/mol. The number of aromatic nitrogens is 1. The first kappa shape index (κ1) is 14.8. The van der Waals surface area contributed by atoms with E-state index in [1.807, 2.05) is 0 Å². The maximum atomic E-state index is 12.0. The molecule has 21 heavy (non-hydrogen) atoms. The van der Waals surface area contributed by atoms with Gasteiger partial charge < -0.3 is 20.6 Å². The van der Waals surface area contributed by atoms with Crippen molar-refractivity contribution in [3.63, 3.8) is 0 Å². The fraction of sp³-hybridized carbons (Fsp3) is 0.385. The molecule has 1 aliphatic rings. The maximum Gasteiger partial charge on any atom is 0.335 e. The second-order valence-electron chi connectivity index (χ2n) is 4.59. The smallest absolute Gasteiger partial charge is 0.335 e. The van der Waals surface area contributed by atoms with Crippen LogP contribution in [0, 0.1) is 0 Å². The molecule has 1 aromatic heterocycles. The molecule has 8 heteroatoms. The molecule has 0 spiro atoms. The standard InChI is InChI=1S/C13H16N4O4/c18-11-2-5-17(6-4-15-11)13(21)16-8-10-7-9(12(19)20)1-3-14-10/h1,3,7H,2,4-6,8H2,(H,15,18)(H,16,21)(H,19,20). The second kappa shape index (κ2) is 6.69. The highest BCUT2D eigenvalue weighted by Gasteiger charge is 2.18. The zero-order valence-corrected chi connectivity index (χ0v) is 11.3. The van der Waals surface area contributed by atoms with Crippen LogP contribution in [0.25, 0.3) is 0 Å². The summed E-state index contributed by atoms with van der Waals surface area (Å²) in [7, 11) is 0. The van der Waals surface area contributed by atoms with Crippen molar-refractivity contribution >= 4 is 17.9 Å². The molecule has 1 aliphatic heterocycles. The summed E-state index contributed by atoms with van der Waals surface area (Å²) in [5.74, 6) is -1.11. The third-order valence-electron chi connectivity index (χ3n) is 3.08. The van der Waals surface area contributed by atoms with Gasteiger partial charge in [0.2, 0.25) is 5.91 Å². The molecule has 112 valence electrons. The van der Waals surface area contributed by atoms with E-state index in [1.165, 1.54) is 18.3 Å². The molecule has 0 radical (unpaired) electrons. The van der Waals surface area contributed by atoms with Crippen molar-refractivity contribution in [2.45, 2.75) is 13.0 Å². The van der Waals surface area contributed by atoms with Crippen LogP contribution in [0.1, 0.15) is 22.5 Å². The van der Waals surface area contributed by atoms with Gasteiger partial charge in [-0.2, -0.15) is 0 Å². The van der Waals surface area contributed by atoms with E-state index in [9.17, 15) is 14.4 Å². The Morgan fingerprint density at radius 2 is 2.24 bits per heavy atom. The summed E-state index contributed by atoms with van der Waals surface area (Å²) in [6.07, 6.45) is 1.67. The van der Waals surface area contributed by atoms with Crippen molar-refractivity contribution in [1.82, 2.24) is 20.5 Å². The number of nitrogens with one attached hydrogen (secondary N) is 2. The van der Waals surface area contributed by atoms with Crippen LogP contribution in [0.3, 0.4) is 0 Å². The number of pyridine rings is 1. The van der Waals surface area contributed by atoms with Gasteiger partial charge in [0, 0.05) is 32.3 Å².